The summed E-state index contributed by atoms with van der Waals surface area (Å²) in [6.07, 6.45) is 5.30. The van der Waals surface area contributed by atoms with Gasteiger partial charge in [0.1, 0.15) is 18.7 Å². The van der Waals surface area contributed by atoms with Gasteiger partial charge < -0.3 is 55.0 Å². The smallest absolute Gasteiger partial charge is 0.414 e. The van der Waals surface area contributed by atoms with Crippen LogP contribution in [-0.2, 0) is 52.9 Å². The minimum atomic E-state index is -1.20. The van der Waals surface area contributed by atoms with E-state index in [1.54, 1.807) is 58.3 Å². The fraction of sp³-hybridized carbons (Fsp3) is 0.400. The topological polar surface area (TPSA) is 276 Å². The molecule has 0 fully saturated rings. The Hall–Kier alpha value is -9.47. The van der Waals surface area contributed by atoms with E-state index in [1.165, 1.54) is 26.2 Å². The molecule has 5 aromatic rings. The number of nitrogens with one attached hydrogen (secondary N) is 3. The van der Waals surface area contributed by atoms with E-state index in [0.29, 0.717) is 97.1 Å². The summed E-state index contributed by atoms with van der Waals surface area (Å²) >= 11 is 0. The van der Waals surface area contributed by atoms with E-state index >= 15 is 0 Å². The van der Waals surface area contributed by atoms with Crippen molar-refractivity contribution in [2.45, 2.75) is 122 Å². The van der Waals surface area contributed by atoms with Gasteiger partial charge in [-0.25, -0.2) is 4.79 Å². The van der Waals surface area contributed by atoms with Crippen molar-refractivity contribution in [3.05, 3.63) is 125 Å². The standard InChI is InChI=1S/C65H74N8O14/c1-39(2)29-50(69-59(75)19-11-12-20-60(76)84-5)62(78)70-48(25-26-58(66)74)61(77)68-43-23-21-40(22-24-43)38-87-65(81)71-37-45-31-42-16-8-10-18-52(42)73(45)64(80)47-33-55(83-4)57(35-53(47)71)86-28-14-6-13-27-85-56-34-49-46(32-54(56)82-3)63(79)72-44(36-67-49)30-41-15-7-9-17-51(41)72/h7-10,15-18,21-24,32-36,39,44-45,48,50H,6,11-14,19-20,25-31,37-38H2,1-5H3,(H2,66,74)(H,68,77)(H,69,75)(H,70,78)/t44-,45-,48-,50-/m0/s1. The Morgan fingerprint density at radius 2 is 1.29 bits per heavy atom. The number of unbranched alkanes of at least 4 members (excludes halogenated alkanes) is 3. The monoisotopic (exact) mass is 1190 g/mol. The number of esters is 1. The van der Waals surface area contributed by atoms with E-state index in [1.807, 2.05) is 68.6 Å². The number of methoxy groups -OCH3 is 3. The van der Waals surface area contributed by atoms with Gasteiger partial charge in [-0.1, -0.05) is 62.4 Å². The van der Waals surface area contributed by atoms with Crippen LogP contribution in [0.15, 0.2) is 102 Å². The van der Waals surface area contributed by atoms with Crippen molar-refractivity contribution in [3.8, 4) is 23.0 Å². The second-order valence-electron chi connectivity index (χ2n) is 22.3. The molecular formula is C65H74N8O14. The highest BCUT2D eigenvalue weighted by Crippen LogP contribution is 2.44. The molecule has 0 saturated heterocycles. The van der Waals surface area contributed by atoms with Crippen LogP contribution >= 0.6 is 0 Å². The summed E-state index contributed by atoms with van der Waals surface area (Å²) in [4.78, 5) is 116. The third kappa shape index (κ3) is 15.0. The Kier molecular flexibility index (Phi) is 20.4. The lowest BCUT2D eigenvalue weighted by molar-refractivity contribution is -0.141. The first-order valence-corrected chi connectivity index (χ1v) is 29.4. The van der Waals surface area contributed by atoms with Crippen LogP contribution < -0.4 is 55.3 Å². The minimum absolute atomic E-state index is 0.00934. The molecule has 87 heavy (non-hydrogen) atoms. The predicted octanol–water partition coefficient (Wildman–Crippen LogP) is 8.30. The quantitative estimate of drug-likeness (QED) is 0.0284. The van der Waals surface area contributed by atoms with E-state index in [2.05, 4.69) is 20.7 Å². The number of carbonyl (C=O) groups is 8. The Labute approximate surface area is 505 Å². The van der Waals surface area contributed by atoms with Gasteiger partial charge in [-0.2, -0.15) is 0 Å². The van der Waals surface area contributed by atoms with Gasteiger partial charge in [0.15, 0.2) is 23.0 Å². The molecule has 0 bridgehead atoms. The molecular weight excluding hydrogens is 1120 g/mol. The Bertz CT molecular complexity index is 3420. The molecule has 4 aliphatic heterocycles. The number of ether oxygens (including phenoxy) is 6. The van der Waals surface area contributed by atoms with Crippen molar-refractivity contribution in [3.63, 3.8) is 0 Å². The third-order valence-electron chi connectivity index (χ3n) is 15.7. The van der Waals surface area contributed by atoms with Crippen LogP contribution in [0, 0.1) is 5.92 Å². The van der Waals surface area contributed by atoms with Crippen molar-refractivity contribution < 1.29 is 66.8 Å². The number of rotatable bonds is 27. The van der Waals surface area contributed by atoms with Crippen molar-refractivity contribution in [1.29, 1.82) is 0 Å². The van der Waals surface area contributed by atoms with Crippen LogP contribution in [-0.4, -0.2) is 119 Å². The SMILES string of the molecule is COC(=O)CCCCC(=O)N[C@@H](CC(C)C)C(=O)N[C@@H](CCC(N)=O)C(=O)Nc1ccc(COC(=O)N2C[C@@H]3Cc4ccccc4N3C(=O)c3cc(OC)c(OCCCCCOc4cc5c(cc4OC)C(=O)N4c6ccccc6C[C@H]4C=N5)cc32)cc1. The highest BCUT2D eigenvalue weighted by atomic mass is 16.6. The normalized spacial score (nSPS) is 15.9. The van der Waals surface area contributed by atoms with E-state index < -0.39 is 47.8 Å². The van der Waals surface area contributed by atoms with E-state index in [9.17, 15) is 38.4 Å². The maximum Gasteiger partial charge on any atom is 0.414 e. The van der Waals surface area contributed by atoms with Gasteiger partial charge in [0, 0.05) is 61.1 Å². The summed E-state index contributed by atoms with van der Waals surface area (Å²) in [6, 6.07) is 25.9. The number of amides is 7. The number of aliphatic imine (C=N–C) groups is 1. The van der Waals surface area contributed by atoms with Crippen LogP contribution in [0.25, 0.3) is 0 Å². The maximum atomic E-state index is 14.6. The van der Waals surface area contributed by atoms with Crippen LogP contribution in [0.3, 0.4) is 0 Å². The second kappa shape index (κ2) is 28.6. The number of para-hydroxylation sites is 2. The van der Waals surface area contributed by atoms with E-state index in [4.69, 9.17) is 34.4 Å². The Balaban J connectivity index is 0.820. The highest BCUT2D eigenvalue weighted by Gasteiger charge is 2.43. The molecule has 458 valence electrons. The first-order valence-electron chi connectivity index (χ1n) is 29.4. The minimum Gasteiger partial charge on any atom is -0.493 e. The highest BCUT2D eigenvalue weighted by molar-refractivity contribution is 6.16. The van der Waals surface area contributed by atoms with Crippen molar-refractivity contribution in [2.24, 2.45) is 16.6 Å². The number of carbonyl (C=O) groups excluding carboxylic acids is 8. The fourth-order valence-electron chi connectivity index (χ4n) is 11.2. The van der Waals surface area contributed by atoms with Crippen LogP contribution in [0.5, 0.6) is 23.0 Å². The number of fused-ring (bicyclic) bond motifs is 8. The first-order chi connectivity index (χ1) is 42.0. The molecule has 0 saturated carbocycles. The Morgan fingerprint density at radius 3 is 1.95 bits per heavy atom. The van der Waals surface area contributed by atoms with E-state index in [-0.39, 0.29) is 92.9 Å². The van der Waals surface area contributed by atoms with Crippen LogP contribution in [0.4, 0.5) is 33.2 Å². The average Bonchev–Trinajstić information content (AvgIpc) is 1.69. The van der Waals surface area contributed by atoms with Crippen LogP contribution in [0.1, 0.15) is 115 Å². The molecule has 0 aliphatic carbocycles. The number of anilines is 4. The zero-order valence-electron chi connectivity index (χ0n) is 49.6. The summed E-state index contributed by atoms with van der Waals surface area (Å²) in [7, 11) is 4.31. The van der Waals surface area contributed by atoms with Crippen LogP contribution in [0.2, 0.25) is 0 Å². The molecule has 22 nitrogen and oxygen atoms in total. The zero-order valence-corrected chi connectivity index (χ0v) is 49.6. The average molecular weight is 1190 g/mol. The fourth-order valence-corrected chi connectivity index (χ4v) is 11.2. The van der Waals surface area contributed by atoms with Gasteiger partial charge >= 0.3 is 12.1 Å². The Morgan fingerprint density at radius 1 is 0.655 bits per heavy atom. The number of benzene rings is 5. The maximum absolute atomic E-state index is 14.6. The molecule has 0 spiro atoms. The lowest BCUT2D eigenvalue weighted by atomic mass is 10.0. The molecule has 5 aromatic carbocycles. The molecule has 22 heteroatoms. The molecule has 0 unspecified atom stereocenters. The van der Waals surface area contributed by atoms with Gasteiger partial charge in [0.05, 0.1) is 75.7 Å². The molecule has 4 atom stereocenters. The van der Waals surface area contributed by atoms with Gasteiger partial charge in [0.2, 0.25) is 23.6 Å². The molecule has 5 N–H and O–H groups in total. The zero-order chi connectivity index (χ0) is 61.7. The second-order valence-corrected chi connectivity index (χ2v) is 22.3. The molecule has 4 aliphatic rings. The summed E-state index contributed by atoms with van der Waals surface area (Å²) in [5.74, 6) is -1.63. The van der Waals surface area contributed by atoms with Gasteiger partial charge in [-0.05, 0) is 110 Å². The van der Waals surface area contributed by atoms with Gasteiger partial charge in [0.25, 0.3) is 11.8 Å². The summed E-state index contributed by atoms with van der Waals surface area (Å²) in [5, 5.41) is 8.22. The van der Waals surface area contributed by atoms with Crippen molar-refractivity contribution in [1.82, 2.24) is 10.6 Å². The lowest BCUT2D eigenvalue weighted by Crippen LogP contribution is -2.53. The van der Waals surface area contributed by atoms with E-state index in [0.717, 1.165) is 22.5 Å². The number of hydrogen-bond donors (Lipinski definition) is 4. The van der Waals surface area contributed by atoms with Gasteiger partial charge in [-0.3, -0.25) is 48.4 Å². The lowest BCUT2D eigenvalue weighted by Gasteiger charge is -2.26. The molecule has 0 radical (unpaired) electrons. The summed E-state index contributed by atoms with van der Waals surface area (Å²) in [6.45, 7) is 4.32. The first kappa shape index (κ1) is 62.1. The molecule has 4 heterocycles. The largest absolute Gasteiger partial charge is 0.493 e. The third-order valence-corrected chi connectivity index (χ3v) is 15.7. The molecule has 0 aromatic heterocycles. The van der Waals surface area contributed by atoms with Crippen molar-refractivity contribution in [2.75, 3.05) is 61.1 Å². The van der Waals surface area contributed by atoms with Gasteiger partial charge in [-0.15, -0.1) is 0 Å². The molecule has 7 amide bonds. The number of nitrogens with zero attached hydrogens (tertiary/aromatic N) is 4. The summed E-state index contributed by atoms with van der Waals surface area (Å²) in [5.41, 5.74) is 11.5. The number of primary amides is 1. The van der Waals surface area contributed by atoms with Crippen molar-refractivity contribution >= 4 is 82.2 Å². The summed E-state index contributed by atoms with van der Waals surface area (Å²) < 4.78 is 34.7. The number of nitrogens with two attached hydrogens (primary N) is 1. The number of hydrogen-bond acceptors (Lipinski definition) is 15. The predicted molar refractivity (Wildman–Crippen MR) is 325 cm³/mol. The molecule has 9 rings (SSSR count).